The number of hydrogen-bond donors (Lipinski definition) is 1. The summed E-state index contributed by atoms with van der Waals surface area (Å²) in [6.07, 6.45) is 0. The smallest absolute Gasteiger partial charge is 0.386 e. The lowest BCUT2D eigenvalue weighted by Gasteiger charge is -2.23. The molecule has 1 N–H and O–H groups in total. The predicted molar refractivity (Wildman–Crippen MR) is 82.6 cm³/mol. The standard InChI is InChI=1S/C16H17F3O3Si/c1-3-21-23(20,22-4-2)13-7-5-11(6-8-13)12-9-14(17)16(19)15(18)10-12/h5-10,20H,3-4H2,1-2H3. The first-order chi connectivity index (χ1) is 10.9. The van der Waals surface area contributed by atoms with Crippen molar-refractivity contribution >= 4 is 14.0 Å². The highest BCUT2D eigenvalue weighted by Gasteiger charge is 2.39. The minimum Gasteiger partial charge on any atom is -0.386 e. The fourth-order valence-corrected chi connectivity index (χ4v) is 3.98. The second-order valence-electron chi connectivity index (χ2n) is 4.78. The molecule has 0 aromatic heterocycles. The average Bonchev–Trinajstić information content (AvgIpc) is 2.53. The molecule has 0 aliphatic heterocycles. The van der Waals surface area contributed by atoms with Crippen LogP contribution in [0.1, 0.15) is 13.8 Å². The minimum atomic E-state index is -3.49. The topological polar surface area (TPSA) is 38.7 Å². The first kappa shape index (κ1) is 17.7. The molecule has 7 heteroatoms. The maximum absolute atomic E-state index is 13.3. The third-order valence-electron chi connectivity index (χ3n) is 3.25. The first-order valence-electron chi connectivity index (χ1n) is 7.17. The summed E-state index contributed by atoms with van der Waals surface area (Å²) in [5.41, 5.74) is 0.682. The van der Waals surface area contributed by atoms with Crippen LogP contribution >= 0.6 is 0 Å². The molecule has 0 unspecified atom stereocenters. The van der Waals surface area contributed by atoms with Gasteiger partial charge in [-0.15, -0.1) is 0 Å². The van der Waals surface area contributed by atoms with Gasteiger partial charge < -0.3 is 13.6 Å². The summed E-state index contributed by atoms with van der Waals surface area (Å²) in [5.74, 6) is -4.00. The predicted octanol–water partition coefficient (Wildman–Crippen LogP) is 2.98. The van der Waals surface area contributed by atoms with Crippen LogP contribution in [0.25, 0.3) is 11.1 Å². The van der Waals surface area contributed by atoms with Crippen LogP contribution in [0.5, 0.6) is 0 Å². The van der Waals surface area contributed by atoms with E-state index in [2.05, 4.69) is 0 Å². The molecule has 124 valence electrons. The highest BCUT2D eigenvalue weighted by Crippen LogP contribution is 2.23. The van der Waals surface area contributed by atoms with E-state index in [9.17, 15) is 18.0 Å². The summed E-state index contributed by atoms with van der Waals surface area (Å²) in [6.45, 7) is 4.07. The quantitative estimate of drug-likeness (QED) is 0.648. The van der Waals surface area contributed by atoms with Gasteiger partial charge >= 0.3 is 8.80 Å². The maximum Gasteiger partial charge on any atom is 0.534 e. The van der Waals surface area contributed by atoms with Crippen LogP contribution in [-0.4, -0.2) is 26.8 Å². The zero-order valence-corrected chi connectivity index (χ0v) is 13.8. The molecule has 0 fully saturated rings. The molecule has 0 spiro atoms. The fraction of sp³-hybridized carbons (Fsp3) is 0.250. The van der Waals surface area contributed by atoms with Gasteiger partial charge in [0.25, 0.3) is 0 Å². The Morgan fingerprint density at radius 3 is 1.78 bits per heavy atom. The summed E-state index contributed by atoms with van der Waals surface area (Å²) < 4.78 is 50.3. The van der Waals surface area contributed by atoms with Gasteiger partial charge in [-0.25, -0.2) is 13.2 Å². The fourth-order valence-electron chi connectivity index (χ4n) is 2.20. The highest BCUT2D eigenvalue weighted by atomic mass is 28.4. The second-order valence-corrected chi connectivity index (χ2v) is 7.10. The molecule has 0 saturated heterocycles. The van der Waals surface area contributed by atoms with E-state index >= 15 is 0 Å². The lowest BCUT2D eigenvalue weighted by Crippen LogP contribution is -2.54. The molecular weight excluding hydrogens is 325 g/mol. The molecule has 0 radical (unpaired) electrons. The van der Waals surface area contributed by atoms with Gasteiger partial charge in [-0.3, -0.25) is 0 Å². The molecule has 2 aromatic rings. The Morgan fingerprint density at radius 1 is 0.870 bits per heavy atom. The summed E-state index contributed by atoms with van der Waals surface area (Å²) in [6, 6.07) is 8.12. The van der Waals surface area contributed by atoms with Crippen LogP contribution in [0.15, 0.2) is 36.4 Å². The van der Waals surface area contributed by atoms with Crippen LogP contribution in [0.2, 0.25) is 0 Å². The van der Waals surface area contributed by atoms with E-state index in [0.29, 0.717) is 24.0 Å². The molecule has 2 aromatic carbocycles. The van der Waals surface area contributed by atoms with Gasteiger partial charge in [-0.2, -0.15) is 0 Å². The van der Waals surface area contributed by atoms with Crippen molar-refractivity contribution in [3.05, 3.63) is 53.8 Å². The van der Waals surface area contributed by atoms with Crippen LogP contribution in [0.3, 0.4) is 0 Å². The van der Waals surface area contributed by atoms with E-state index < -0.39 is 26.3 Å². The van der Waals surface area contributed by atoms with Gasteiger partial charge in [0.15, 0.2) is 17.5 Å². The monoisotopic (exact) mass is 342 g/mol. The summed E-state index contributed by atoms with van der Waals surface area (Å²) in [7, 11) is -3.49. The Morgan fingerprint density at radius 2 is 1.35 bits per heavy atom. The van der Waals surface area contributed by atoms with E-state index in [-0.39, 0.29) is 5.56 Å². The van der Waals surface area contributed by atoms with E-state index in [0.717, 1.165) is 12.1 Å². The summed E-state index contributed by atoms with van der Waals surface area (Å²) in [4.78, 5) is 10.5. The van der Waals surface area contributed by atoms with Crippen molar-refractivity contribution in [2.45, 2.75) is 13.8 Å². The average molecular weight is 342 g/mol. The van der Waals surface area contributed by atoms with Gasteiger partial charge in [0.1, 0.15) is 0 Å². The molecule has 0 bridgehead atoms. The van der Waals surface area contributed by atoms with Crippen molar-refractivity contribution in [1.82, 2.24) is 0 Å². The third-order valence-corrected chi connectivity index (χ3v) is 5.67. The van der Waals surface area contributed by atoms with E-state index in [4.69, 9.17) is 8.85 Å². The number of halogens is 3. The van der Waals surface area contributed by atoms with Crippen LogP contribution in [0, 0.1) is 17.5 Å². The number of hydrogen-bond acceptors (Lipinski definition) is 3. The molecule has 0 atom stereocenters. The number of rotatable bonds is 6. The van der Waals surface area contributed by atoms with Crippen molar-refractivity contribution in [1.29, 1.82) is 0 Å². The van der Waals surface area contributed by atoms with Gasteiger partial charge in [0.05, 0.1) is 0 Å². The van der Waals surface area contributed by atoms with E-state index in [1.54, 1.807) is 38.1 Å². The Labute approximate surface area is 133 Å². The largest absolute Gasteiger partial charge is 0.534 e. The normalized spacial score (nSPS) is 11.7. The summed E-state index contributed by atoms with van der Waals surface area (Å²) >= 11 is 0. The van der Waals surface area contributed by atoms with Gasteiger partial charge in [0, 0.05) is 18.4 Å². The second kappa shape index (κ2) is 7.27. The van der Waals surface area contributed by atoms with Crippen molar-refractivity contribution in [2.24, 2.45) is 0 Å². The zero-order chi connectivity index (χ0) is 17.0. The molecule has 0 heterocycles. The van der Waals surface area contributed by atoms with Gasteiger partial charge in [-0.05, 0) is 37.1 Å². The SMILES string of the molecule is CCO[Si](O)(OCC)c1ccc(-c2cc(F)c(F)c(F)c2)cc1. The molecule has 0 saturated carbocycles. The van der Waals surface area contributed by atoms with Crippen molar-refractivity contribution in [3.63, 3.8) is 0 Å². The molecule has 2 rings (SSSR count). The van der Waals surface area contributed by atoms with Crippen molar-refractivity contribution in [3.8, 4) is 11.1 Å². The zero-order valence-electron chi connectivity index (χ0n) is 12.8. The molecule has 0 aliphatic carbocycles. The van der Waals surface area contributed by atoms with Crippen LogP contribution in [-0.2, 0) is 8.85 Å². The first-order valence-corrected chi connectivity index (χ1v) is 8.93. The molecule has 0 amide bonds. The lowest BCUT2D eigenvalue weighted by molar-refractivity contribution is 0.124. The van der Waals surface area contributed by atoms with Crippen LogP contribution < -0.4 is 5.19 Å². The Kier molecular flexibility index (Phi) is 5.58. The molecular formula is C16H17F3O3Si. The van der Waals surface area contributed by atoms with Crippen molar-refractivity contribution < 1.29 is 26.8 Å². The third kappa shape index (κ3) is 3.81. The molecule has 3 nitrogen and oxygen atoms in total. The van der Waals surface area contributed by atoms with Crippen LogP contribution in [0.4, 0.5) is 13.2 Å². The molecule has 23 heavy (non-hydrogen) atoms. The number of benzene rings is 2. The van der Waals surface area contributed by atoms with E-state index in [1.807, 2.05) is 0 Å². The van der Waals surface area contributed by atoms with Gasteiger partial charge in [0.2, 0.25) is 0 Å². The van der Waals surface area contributed by atoms with E-state index in [1.165, 1.54) is 0 Å². The lowest BCUT2D eigenvalue weighted by atomic mass is 10.1. The Hall–Kier alpha value is -1.67. The van der Waals surface area contributed by atoms with Crippen molar-refractivity contribution in [2.75, 3.05) is 13.2 Å². The Bertz CT molecular complexity index is 648. The maximum atomic E-state index is 13.3. The highest BCUT2D eigenvalue weighted by molar-refractivity contribution is 6.74. The Balaban J connectivity index is 2.35. The molecule has 0 aliphatic rings. The minimum absolute atomic E-state index is 0.200. The summed E-state index contributed by atoms with van der Waals surface area (Å²) in [5, 5.41) is 0.480. The van der Waals surface area contributed by atoms with Gasteiger partial charge in [-0.1, -0.05) is 24.3 Å².